The molecular weight excluding hydrogens is 297 g/mol. The summed E-state index contributed by atoms with van der Waals surface area (Å²) >= 11 is 11.8. The molecule has 1 amide bonds. The molecule has 20 heavy (non-hydrogen) atoms. The third-order valence-electron chi connectivity index (χ3n) is 2.99. The fourth-order valence-corrected chi connectivity index (χ4v) is 1.87. The molecule has 0 aliphatic rings. The SMILES string of the molecule is C#CC(C)(CC)NC(=O)C(C)Oc1ccc(Cl)cc1Cl. The largest absolute Gasteiger partial charge is 0.479 e. The lowest BCUT2D eigenvalue weighted by Crippen LogP contribution is -2.49. The van der Waals surface area contributed by atoms with Crippen LogP contribution in [0.1, 0.15) is 27.2 Å². The van der Waals surface area contributed by atoms with Gasteiger partial charge in [-0.25, -0.2) is 0 Å². The van der Waals surface area contributed by atoms with E-state index < -0.39 is 11.6 Å². The van der Waals surface area contributed by atoms with E-state index >= 15 is 0 Å². The van der Waals surface area contributed by atoms with Crippen LogP contribution in [0.15, 0.2) is 18.2 Å². The van der Waals surface area contributed by atoms with Gasteiger partial charge in [0.2, 0.25) is 0 Å². The minimum Gasteiger partial charge on any atom is -0.479 e. The van der Waals surface area contributed by atoms with Crippen molar-refractivity contribution in [1.29, 1.82) is 0 Å². The van der Waals surface area contributed by atoms with Gasteiger partial charge < -0.3 is 10.1 Å². The van der Waals surface area contributed by atoms with Gasteiger partial charge in [0.05, 0.1) is 10.6 Å². The van der Waals surface area contributed by atoms with Gasteiger partial charge in [-0.2, -0.15) is 0 Å². The number of hydrogen-bond donors (Lipinski definition) is 1. The monoisotopic (exact) mass is 313 g/mol. The first kappa shape index (κ1) is 16.7. The summed E-state index contributed by atoms with van der Waals surface area (Å²) in [4.78, 5) is 12.1. The van der Waals surface area contributed by atoms with Gasteiger partial charge in [-0.05, 0) is 38.5 Å². The Morgan fingerprint density at radius 1 is 1.55 bits per heavy atom. The van der Waals surface area contributed by atoms with Crippen LogP contribution in [-0.2, 0) is 4.79 Å². The van der Waals surface area contributed by atoms with Crippen molar-refractivity contribution in [1.82, 2.24) is 5.32 Å². The predicted octanol–water partition coefficient (Wildman–Crippen LogP) is 3.68. The minimum atomic E-state index is -0.715. The third-order valence-corrected chi connectivity index (χ3v) is 3.52. The Kier molecular flexibility index (Phi) is 5.74. The molecule has 0 radical (unpaired) electrons. The van der Waals surface area contributed by atoms with Crippen molar-refractivity contribution in [3.05, 3.63) is 28.2 Å². The van der Waals surface area contributed by atoms with Gasteiger partial charge in [0.15, 0.2) is 6.10 Å². The maximum Gasteiger partial charge on any atom is 0.261 e. The molecular formula is C15H17Cl2NO2. The summed E-state index contributed by atoms with van der Waals surface area (Å²) in [6.07, 6.45) is 5.33. The molecule has 1 aromatic rings. The van der Waals surface area contributed by atoms with Crippen LogP contribution < -0.4 is 10.1 Å². The van der Waals surface area contributed by atoms with E-state index in [9.17, 15) is 4.79 Å². The molecule has 1 aromatic carbocycles. The summed E-state index contributed by atoms with van der Waals surface area (Å²) in [5.41, 5.74) is -0.682. The number of carbonyl (C=O) groups excluding carboxylic acids is 1. The van der Waals surface area contributed by atoms with E-state index in [4.69, 9.17) is 34.4 Å². The quantitative estimate of drug-likeness (QED) is 0.842. The lowest BCUT2D eigenvalue weighted by molar-refractivity contribution is -0.128. The molecule has 0 saturated heterocycles. The lowest BCUT2D eigenvalue weighted by Gasteiger charge is -2.25. The number of rotatable bonds is 5. The Bertz CT molecular complexity index is 539. The molecule has 0 bridgehead atoms. The molecule has 1 N–H and O–H groups in total. The van der Waals surface area contributed by atoms with Crippen molar-refractivity contribution in [2.45, 2.75) is 38.8 Å². The first-order valence-corrected chi connectivity index (χ1v) is 6.98. The highest BCUT2D eigenvalue weighted by Crippen LogP contribution is 2.28. The predicted molar refractivity (Wildman–Crippen MR) is 82.2 cm³/mol. The first-order chi connectivity index (χ1) is 9.31. The number of hydrogen-bond acceptors (Lipinski definition) is 2. The van der Waals surface area contributed by atoms with Crippen molar-refractivity contribution in [2.24, 2.45) is 0 Å². The van der Waals surface area contributed by atoms with E-state index in [0.717, 1.165) is 0 Å². The van der Waals surface area contributed by atoms with Crippen molar-refractivity contribution in [3.8, 4) is 18.1 Å². The van der Waals surface area contributed by atoms with Crippen LogP contribution >= 0.6 is 23.2 Å². The molecule has 0 spiro atoms. The third kappa shape index (κ3) is 4.33. The van der Waals surface area contributed by atoms with Crippen molar-refractivity contribution < 1.29 is 9.53 Å². The Labute approximate surface area is 129 Å². The van der Waals surface area contributed by atoms with E-state index in [2.05, 4.69) is 11.2 Å². The number of terminal acetylenes is 1. The summed E-state index contributed by atoms with van der Waals surface area (Å²) < 4.78 is 5.53. The Hall–Kier alpha value is -1.37. The van der Waals surface area contributed by atoms with Gasteiger partial charge in [0.1, 0.15) is 5.75 Å². The van der Waals surface area contributed by atoms with Crippen LogP contribution in [0.25, 0.3) is 0 Å². The van der Waals surface area contributed by atoms with Gasteiger partial charge in [0, 0.05) is 5.02 Å². The van der Waals surface area contributed by atoms with Gasteiger partial charge in [-0.3, -0.25) is 4.79 Å². The molecule has 0 saturated carbocycles. The zero-order valence-corrected chi connectivity index (χ0v) is 13.2. The van der Waals surface area contributed by atoms with Crippen molar-refractivity contribution >= 4 is 29.1 Å². The topological polar surface area (TPSA) is 38.3 Å². The van der Waals surface area contributed by atoms with Crippen LogP contribution in [0.5, 0.6) is 5.75 Å². The number of carbonyl (C=O) groups is 1. The van der Waals surface area contributed by atoms with Crippen LogP contribution in [0.4, 0.5) is 0 Å². The Balaban J connectivity index is 2.74. The average molecular weight is 314 g/mol. The standard InChI is InChI=1S/C15H17Cl2NO2/c1-5-15(4,6-2)18-14(19)10(3)20-13-8-7-11(16)9-12(13)17/h1,7-10H,6H2,2-4H3,(H,18,19). The van der Waals surface area contributed by atoms with Gasteiger partial charge in [-0.1, -0.05) is 36.0 Å². The van der Waals surface area contributed by atoms with Crippen molar-refractivity contribution in [3.63, 3.8) is 0 Å². The lowest BCUT2D eigenvalue weighted by atomic mass is 10.00. The second-order valence-corrected chi connectivity index (χ2v) is 5.50. The summed E-state index contributed by atoms with van der Waals surface area (Å²) in [5.74, 6) is 2.67. The normalized spacial score (nSPS) is 14.8. The summed E-state index contributed by atoms with van der Waals surface area (Å²) in [7, 11) is 0. The zero-order chi connectivity index (χ0) is 15.3. The van der Waals surface area contributed by atoms with Crippen LogP contribution in [0, 0.1) is 12.3 Å². The molecule has 5 heteroatoms. The summed E-state index contributed by atoms with van der Waals surface area (Å²) in [6.45, 7) is 5.32. The number of halogens is 2. The number of benzene rings is 1. The van der Waals surface area contributed by atoms with E-state index in [1.54, 1.807) is 32.0 Å². The van der Waals surface area contributed by atoms with Crippen LogP contribution in [0.2, 0.25) is 10.0 Å². The molecule has 0 heterocycles. The number of amides is 1. The van der Waals surface area contributed by atoms with Crippen LogP contribution in [-0.4, -0.2) is 17.6 Å². The minimum absolute atomic E-state index is 0.293. The average Bonchev–Trinajstić information content (AvgIpc) is 2.41. The maximum absolute atomic E-state index is 12.1. The highest BCUT2D eigenvalue weighted by Gasteiger charge is 2.25. The van der Waals surface area contributed by atoms with E-state index in [0.29, 0.717) is 22.2 Å². The summed E-state index contributed by atoms with van der Waals surface area (Å²) in [6, 6.07) is 4.82. The van der Waals surface area contributed by atoms with Gasteiger partial charge in [0.25, 0.3) is 5.91 Å². The van der Waals surface area contributed by atoms with E-state index in [1.165, 1.54) is 0 Å². The molecule has 3 nitrogen and oxygen atoms in total. The second kappa shape index (κ2) is 6.88. The van der Waals surface area contributed by atoms with Gasteiger partial charge in [-0.15, -0.1) is 6.42 Å². The van der Waals surface area contributed by atoms with E-state index in [-0.39, 0.29) is 5.91 Å². The van der Waals surface area contributed by atoms with Gasteiger partial charge >= 0.3 is 0 Å². The summed E-state index contributed by atoms with van der Waals surface area (Å²) in [5, 5.41) is 3.63. The molecule has 0 aromatic heterocycles. The van der Waals surface area contributed by atoms with E-state index in [1.807, 2.05) is 6.92 Å². The molecule has 0 fully saturated rings. The molecule has 108 valence electrons. The zero-order valence-electron chi connectivity index (χ0n) is 11.7. The highest BCUT2D eigenvalue weighted by atomic mass is 35.5. The molecule has 0 aliphatic heterocycles. The molecule has 2 unspecified atom stereocenters. The smallest absolute Gasteiger partial charge is 0.261 e. The molecule has 1 rings (SSSR count). The Morgan fingerprint density at radius 2 is 2.20 bits per heavy atom. The number of ether oxygens (including phenoxy) is 1. The number of nitrogens with one attached hydrogen (secondary N) is 1. The maximum atomic E-state index is 12.1. The first-order valence-electron chi connectivity index (χ1n) is 6.23. The second-order valence-electron chi connectivity index (χ2n) is 4.65. The Morgan fingerprint density at radius 3 is 2.70 bits per heavy atom. The molecule has 0 aliphatic carbocycles. The van der Waals surface area contributed by atoms with Crippen molar-refractivity contribution in [2.75, 3.05) is 0 Å². The fraction of sp³-hybridized carbons (Fsp3) is 0.400. The highest BCUT2D eigenvalue weighted by molar-refractivity contribution is 6.35. The molecule has 2 atom stereocenters. The fourth-order valence-electron chi connectivity index (χ4n) is 1.41. The van der Waals surface area contributed by atoms with Crippen LogP contribution in [0.3, 0.4) is 0 Å².